The van der Waals surface area contributed by atoms with Gasteiger partial charge in [0.15, 0.2) is 0 Å². The fraction of sp³-hybridized carbons (Fsp3) is 0.360. The Bertz CT molecular complexity index is 1070. The number of carbonyl (C=O) groups is 1. The number of terminal acetylenes is 1. The van der Waals surface area contributed by atoms with Crippen LogP contribution in [-0.2, 0) is 11.3 Å². The molecule has 1 unspecified atom stereocenters. The Balaban J connectivity index is 2.07. The van der Waals surface area contributed by atoms with E-state index >= 15 is 0 Å². The van der Waals surface area contributed by atoms with Gasteiger partial charge in [0.25, 0.3) is 0 Å². The van der Waals surface area contributed by atoms with Gasteiger partial charge in [-0.2, -0.15) is 0 Å². The van der Waals surface area contributed by atoms with Gasteiger partial charge < -0.3 is 14.6 Å². The summed E-state index contributed by atoms with van der Waals surface area (Å²) in [6, 6.07) is 15.7. The number of benzene rings is 2. The van der Waals surface area contributed by atoms with Gasteiger partial charge in [0.1, 0.15) is 11.4 Å². The molecule has 1 heterocycles. The number of amides is 1. The number of alkyl carbamates (subject to hydrolysis) is 1. The smallest absolute Gasteiger partial charge is 0.408 e. The topological polar surface area (TPSA) is 56.1 Å². The maximum atomic E-state index is 12.5. The molecular formula is C25H29N3O2. The fourth-order valence-corrected chi connectivity index (χ4v) is 3.37. The van der Waals surface area contributed by atoms with Crippen molar-refractivity contribution < 1.29 is 9.53 Å². The third-order valence-electron chi connectivity index (χ3n) is 4.75. The lowest BCUT2D eigenvalue weighted by molar-refractivity contribution is 0.0485. The molecule has 0 saturated carbocycles. The summed E-state index contributed by atoms with van der Waals surface area (Å²) in [5.41, 5.74) is 3.15. The minimum absolute atomic E-state index is 0.107. The monoisotopic (exact) mass is 403 g/mol. The lowest BCUT2D eigenvalue weighted by Crippen LogP contribution is -2.38. The molecule has 2 aromatic carbocycles. The minimum Gasteiger partial charge on any atom is -0.444 e. The van der Waals surface area contributed by atoms with E-state index in [1.165, 1.54) is 0 Å². The van der Waals surface area contributed by atoms with Crippen molar-refractivity contribution in [3.8, 4) is 12.3 Å². The summed E-state index contributed by atoms with van der Waals surface area (Å²) in [5.74, 6) is 3.56. The predicted molar refractivity (Wildman–Crippen MR) is 120 cm³/mol. The molecular weight excluding hydrogens is 374 g/mol. The summed E-state index contributed by atoms with van der Waals surface area (Å²) in [4.78, 5) is 17.4. The number of hydrogen-bond donors (Lipinski definition) is 1. The van der Waals surface area contributed by atoms with Crippen molar-refractivity contribution in [2.24, 2.45) is 5.92 Å². The third kappa shape index (κ3) is 5.01. The van der Waals surface area contributed by atoms with Crippen molar-refractivity contribution in [2.75, 3.05) is 0 Å². The van der Waals surface area contributed by atoms with Crippen LogP contribution < -0.4 is 5.32 Å². The van der Waals surface area contributed by atoms with E-state index in [1.54, 1.807) is 0 Å². The Morgan fingerprint density at radius 3 is 2.50 bits per heavy atom. The zero-order chi connectivity index (χ0) is 21.9. The maximum Gasteiger partial charge on any atom is 0.408 e. The van der Waals surface area contributed by atoms with Crippen LogP contribution in [0, 0.1) is 18.3 Å². The van der Waals surface area contributed by atoms with Crippen molar-refractivity contribution in [1.82, 2.24) is 14.9 Å². The van der Waals surface area contributed by atoms with E-state index < -0.39 is 11.7 Å². The summed E-state index contributed by atoms with van der Waals surface area (Å²) in [6.45, 7) is 10.3. The lowest BCUT2D eigenvalue weighted by atomic mass is 10.0. The van der Waals surface area contributed by atoms with Gasteiger partial charge in [-0.3, -0.25) is 0 Å². The van der Waals surface area contributed by atoms with Crippen LogP contribution in [0.4, 0.5) is 4.79 Å². The zero-order valence-corrected chi connectivity index (χ0v) is 18.3. The highest BCUT2D eigenvalue weighted by Gasteiger charge is 2.27. The first-order valence-electron chi connectivity index (χ1n) is 10.2. The van der Waals surface area contributed by atoms with E-state index in [2.05, 4.69) is 41.8 Å². The molecule has 0 bridgehead atoms. The number of nitrogens with one attached hydrogen (secondary N) is 1. The van der Waals surface area contributed by atoms with Crippen LogP contribution in [0.5, 0.6) is 0 Å². The SMILES string of the molecule is C#Cc1ccc2c(c1)nc(C(NC(=O)OC(C)(C)C)C(C)C)n2Cc1ccccc1. The van der Waals surface area contributed by atoms with Crippen molar-refractivity contribution >= 4 is 17.1 Å². The lowest BCUT2D eigenvalue weighted by Gasteiger charge is -2.26. The van der Waals surface area contributed by atoms with Gasteiger partial charge >= 0.3 is 6.09 Å². The molecule has 1 amide bonds. The summed E-state index contributed by atoms with van der Waals surface area (Å²) < 4.78 is 7.64. The van der Waals surface area contributed by atoms with Crippen LogP contribution in [0.2, 0.25) is 0 Å². The van der Waals surface area contributed by atoms with E-state index in [0.717, 1.165) is 28.0 Å². The Kier molecular flexibility index (Phi) is 6.17. The van der Waals surface area contributed by atoms with Crippen LogP contribution in [0.15, 0.2) is 48.5 Å². The summed E-state index contributed by atoms with van der Waals surface area (Å²) in [5, 5.41) is 3.02. The highest BCUT2D eigenvalue weighted by Crippen LogP contribution is 2.28. The van der Waals surface area contributed by atoms with Gasteiger partial charge in [-0.05, 0) is 50.5 Å². The van der Waals surface area contributed by atoms with E-state index in [-0.39, 0.29) is 12.0 Å². The molecule has 0 aliphatic rings. The standard InChI is InChI=1S/C25H29N3O2/c1-7-18-13-14-21-20(15-18)26-23(28(21)16-19-11-9-8-10-12-19)22(17(2)3)27-24(29)30-25(4,5)6/h1,8-15,17,22H,16H2,2-6H3,(H,27,29). The van der Waals surface area contributed by atoms with E-state index in [4.69, 9.17) is 16.1 Å². The molecule has 3 aromatic rings. The Labute approximate surface area is 178 Å². The van der Waals surface area contributed by atoms with Gasteiger partial charge in [0.2, 0.25) is 0 Å². The van der Waals surface area contributed by atoms with Crippen LogP contribution in [0.1, 0.15) is 57.6 Å². The average Bonchev–Trinajstić information content (AvgIpc) is 3.02. The van der Waals surface area contributed by atoms with Gasteiger partial charge in [0.05, 0.1) is 17.1 Å². The fourth-order valence-electron chi connectivity index (χ4n) is 3.37. The molecule has 1 aromatic heterocycles. The van der Waals surface area contributed by atoms with Crippen molar-refractivity contribution in [3.63, 3.8) is 0 Å². The number of imidazole rings is 1. The van der Waals surface area contributed by atoms with Crippen molar-refractivity contribution in [1.29, 1.82) is 0 Å². The van der Waals surface area contributed by atoms with Crippen molar-refractivity contribution in [2.45, 2.75) is 52.8 Å². The second kappa shape index (κ2) is 8.62. The number of carbonyl (C=O) groups excluding carboxylic acids is 1. The summed E-state index contributed by atoms with van der Waals surface area (Å²) >= 11 is 0. The van der Waals surface area contributed by atoms with Gasteiger partial charge in [-0.1, -0.05) is 50.1 Å². The van der Waals surface area contributed by atoms with Gasteiger partial charge in [-0.25, -0.2) is 9.78 Å². The zero-order valence-electron chi connectivity index (χ0n) is 18.3. The van der Waals surface area contributed by atoms with Crippen LogP contribution in [0.3, 0.4) is 0 Å². The van der Waals surface area contributed by atoms with Crippen molar-refractivity contribution in [3.05, 3.63) is 65.5 Å². The van der Waals surface area contributed by atoms with E-state index in [0.29, 0.717) is 6.54 Å². The number of aromatic nitrogens is 2. The molecule has 0 spiro atoms. The summed E-state index contributed by atoms with van der Waals surface area (Å²) in [6.07, 6.45) is 5.13. The minimum atomic E-state index is -0.572. The summed E-state index contributed by atoms with van der Waals surface area (Å²) in [7, 11) is 0. The first-order chi connectivity index (χ1) is 14.2. The average molecular weight is 404 g/mol. The molecule has 1 atom stereocenters. The van der Waals surface area contributed by atoms with Gasteiger partial charge in [-0.15, -0.1) is 6.42 Å². The molecule has 156 valence electrons. The predicted octanol–water partition coefficient (Wildman–Crippen LogP) is 5.29. The van der Waals surface area contributed by atoms with E-state index in [1.807, 2.05) is 57.2 Å². The molecule has 1 N–H and O–H groups in total. The second-order valence-corrected chi connectivity index (χ2v) is 8.76. The number of ether oxygens (including phenoxy) is 1. The Morgan fingerprint density at radius 1 is 1.20 bits per heavy atom. The molecule has 5 heteroatoms. The highest BCUT2D eigenvalue weighted by atomic mass is 16.6. The maximum absolute atomic E-state index is 12.5. The molecule has 0 aliphatic heterocycles. The molecule has 30 heavy (non-hydrogen) atoms. The van der Waals surface area contributed by atoms with Crippen LogP contribution in [0.25, 0.3) is 11.0 Å². The number of rotatable bonds is 5. The molecule has 0 aliphatic carbocycles. The van der Waals surface area contributed by atoms with Crippen LogP contribution in [-0.4, -0.2) is 21.2 Å². The number of fused-ring (bicyclic) bond motifs is 1. The van der Waals surface area contributed by atoms with E-state index in [9.17, 15) is 4.79 Å². The number of hydrogen-bond acceptors (Lipinski definition) is 3. The Hall–Kier alpha value is -3.26. The van der Waals surface area contributed by atoms with Crippen LogP contribution >= 0.6 is 0 Å². The first kappa shape index (κ1) is 21.4. The number of nitrogens with zero attached hydrogens (tertiary/aromatic N) is 2. The van der Waals surface area contributed by atoms with Gasteiger partial charge in [0, 0.05) is 12.1 Å². The largest absolute Gasteiger partial charge is 0.444 e. The molecule has 0 fully saturated rings. The molecule has 3 rings (SSSR count). The highest BCUT2D eigenvalue weighted by molar-refractivity contribution is 5.78. The first-order valence-corrected chi connectivity index (χ1v) is 10.2. The normalized spacial score (nSPS) is 12.6. The molecule has 0 radical (unpaired) electrons. The Morgan fingerprint density at radius 2 is 1.90 bits per heavy atom. The second-order valence-electron chi connectivity index (χ2n) is 8.76. The third-order valence-corrected chi connectivity index (χ3v) is 4.75. The quantitative estimate of drug-likeness (QED) is 0.589. The molecule has 0 saturated heterocycles. The molecule has 5 nitrogen and oxygen atoms in total.